The fraction of sp³-hybridized carbons (Fsp3) is 0.571. The Bertz CT molecular complexity index is 462. The Hall–Kier alpha value is -0.870. The average molecular weight is 267 g/mol. The predicted molar refractivity (Wildman–Crippen MR) is 73.7 cm³/mol. The molecule has 18 heavy (non-hydrogen) atoms. The lowest BCUT2D eigenvalue weighted by atomic mass is 9.96. The summed E-state index contributed by atoms with van der Waals surface area (Å²) in [6.07, 6.45) is 3.17. The monoisotopic (exact) mass is 267 g/mol. The summed E-state index contributed by atoms with van der Waals surface area (Å²) in [5.74, 6) is 0.832. The van der Waals surface area contributed by atoms with Crippen LogP contribution in [0.25, 0.3) is 0 Å². The van der Waals surface area contributed by atoms with Crippen molar-refractivity contribution in [2.75, 3.05) is 13.1 Å². The Labute approximate surface area is 110 Å². The van der Waals surface area contributed by atoms with Crippen molar-refractivity contribution in [3.05, 3.63) is 35.9 Å². The van der Waals surface area contributed by atoms with Gasteiger partial charge in [-0.15, -0.1) is 0 Å². The number of sulfonamides is 1. The molecule has 1 fully saturated rings. The van der Waals surface area contributed by atoms with Crippen molar-refractivity contribution >= 4 is 10.0 Å². The van der Waals surface area contributed by atoms with Crippen LogP contribution in [0.1, 0.15) is 31.7 Å². The number of rotatable bonds is 4. The summed E-state index contributed by atoms with van der Waals surface area (Å²) in [6.45, 7) is 3.56. The summed E-state index contributed by atoms with van der Waals surface area (Å²) in [4.78, 5) is 0. The van der Waals surface area contributed by atoms with E-state index in [0.717, 1.165) is 24.8 Å². The van der Waals surface area contributed by atoms with Crippen LogP contribution in [-0.4, -0.2) is 25.8 Å². The molecule has 0 N–H and O–H groups in total. The van der Waals surface area contributed by atoms with E-state index in [4.69, 9.17) is 0 Å². The molecular formula is C14H21NO2S. The minimum Gasteiger partial charge on any atom is -0.212 e. The van der Waals surface area contributed by atoms with E-state index in [1.807, 2.05) is 30.3 Å². The molecule has 0 aliphatic carbocycles. The molecule has 1 aromatic carbocycles. The minimum atomic E-state index is -3.13. The Morgan fingerprint density at radius 3 is 2.33 bits per heavy atom. The maximum absolute atomic E-state index is 12.3. The third-order valence-electron chi connectivity index (χ3n) is 3.74. The van der Waals surface area contributed by atoms with E-state index in [2.05, 4.69) is 6.92 Å². The lowest BCUT2D eigenvalue weighted by molar-refractivity contribution is 0.269. The summed E-state index contributed by atoms with van der Waals surface area (Å²) in [5, 5.41) is 0. The van der Waals surface area contributed by atoms with Gasteiger partial charge >= 0.3 is 0 Å². The highest BCUT2D eigenvalue weighted by Gasteiger charge is 2.27. The molecule has 0 atom stereocenters. The Morgan fingerprint density at radius 2 is 1.78 bits per heavy atom. The molecule has 0 radical (unpaired) electrons. The van der Waals surface area contributed by atoms with E-state index in [9.17, 15) is 8.42 Å². The fourth-order valence-electron chi connectivity index (χ4n) is 2.47. The first-order chi connectivity index (χ1) is 8.62. The van der Waals surface area contributed by atoms with Crippen LogP contribution >= 0.6 is 0 Å². The highest BCUT2D eigenvalue weighted by molar-refractivity contribution is 7.88. The number of nitrogens with zero attached hydrogens (tertiary/aromatic N) is 1. The third-order valence-corrected chi connectivity index (χ3v) is 5.59. The topological polar surface area (TPSA) is 37.4 Å². The summed E-state index contributed by atoms with van der Waals surface area (Å²) >= 11 is 0. The van der Waals surface area contributed by atoms with Gasteiger partial charge in [0.05, 0.1) is 5.75 Å². The van der Waals surface area contributed by atoms with Crippen molar-refractivity contribution in [2.24, 2.45) is 5.92 Å². The maximum Gasteiger partial charge on any atom is 0.218 e. The van der Waals surface area contributed by atoms with E-state index in [1.54, 1.807) is 4.31 Å². The molecule has 1 saturated heterocycles. The van der Waals surface area contributed by atoms with Gasteiger partial charge in [-0.05, 0) is 24.3 Å². The van der Waals surface area contributed by atoms with E-state index in [1.165, 1.54) is 0 Å². The molecule has 4 heteroatoms. The van der Waals surface area contributed by atoms with Crippen molar-refractivity contribution in [2.45, 2.75) is 31.9 Å². The SMILES string of the molecule is CCC1CCN(S(=O)(=O)Cc2ccccc2)CC1. The molecule has 0 saturated carbocycles. The molecule has 2 rings (SSSR count). The van der Waals surface area contributed by atoms with Gasteiger partial charge in [-0.2, -0.15) is 0 Å². The Morgan fingerprint density at radius 1 is 1.17 bits per heavy atom. The van der Waals surface area contributed by atoms with Crippen LogP contribution in [0.15, 0.2) is 30.3 Å². The molecule has 0 amide bonds. The lowest BCUT2D eigenvalue weighted by Crippen LogP contribution is -2.38. The van der Waals surface area contributed by atoms with Gasteiger partial charge in [0.15, 0.2) is 0 Å². The molecular weight excluding hydrogens is 246 g/mol. The maximum atomic E-state index is 12.3. The first-order valence-electron chi connectivity index (χ1n) is 6.63. The summed E-state index contributed by atoms with van der Waals surface area (Å²) in [6, 6.07) is 9.41. The summed E-state index contributed by atoms with van der Waals surface area (Å²) in [5.41, 5.74) is 0.870. The normalized spacial score (nSPS) is 18.9. The van der Waals surface area contributed by atoms with Crippen molar-refractivity contribution in [1.82, 2.24) is 4.31 Å². The van der Waals surface area contributed by atoms with E-state index >= 15 is 0 Å². The van der Waals surface area contributed by atoms with Crippen molar-refractivity contribution < 1.29 is 8.42 Å². The summed E-state index contributed by atoms with van der Waals surface area (Å²) in [7, 11) is -3.13. The zero-order chi connectivity index (χ0) is 13.0. The molecule has 3 nitrogen and oxygen atoms in total. The van der Waals surface area contributed by atoms with Crippen LogP contribution in [0.4, 0.5) is 0 Å². The molecule has 1 heterocycles. The minimum absolute atomic E-state index is 0.130. The number of piperidine rings is 1. The molecule has 1 aliphatic heterocycles. The van der Waals surface area contributed by atoms with Gasteiger partial charge in [-0.1, -0.05) is 43.7 Å². The quantitative estimate of drug-likeness (QED) is 0.841. The smallest absolute Gasteiger partial charge is 0.212 e. The van der Waals surface area contributed by atoms with Crippen molar-refractivity contribution in [3.63, 3.8) is 0 Å². The molecule has 0 aromatic heterocycles. The van der Waals surface area contributed by atoms with Gasteiger partial charge < -0.3 is 0 Å². The van der Waals surface area contributed by atoms with Crippen LogP contribution in [-0.2, 0) is 15.8 Å². The van der Waals surface area contributed by atoms with Gasteiger partial charge in [0.25, 0.3) is 0 Å². The molecule has 0 spiro atoms. The van der Waals surface area contributed by atoms with Crippen molar-refractivity contribution in [3.8, 4) is 0 Å². The number of hydrogen-bond donors (Lipinski definition) is 0. The fourth-order valence-corrected chi connectivity index (χ4v) is 4.04. The standard InChI is InChI=1S/C14H21NO2S/c1-2-13-8-10-15(11-9-13)18(16,17)12-14-6-4-3-5-7-14/h3-7,13H,2,8-12H2,1H3. The van der Waals surface area contributed by atoms with Crippen LogP contribution < -0.4 is 0 Å². The second-order valence-electron chi connectivity index (χ2n) is 4.99. The van der Waals surface area contributed by atoms with Crippen molar-refractivity contribution in [1.29, 1.82) is 0 Å². The van der Waals surface area contributed by atoms with Crippen LogP contribution in [0.3, 0.4) is 0 Å². The molecule has 100 valence electrons. The van der Waals surface area contributed by atoms with Crippen LogP contribution in [0.2, 0.25) is 0 Å². The molecule has 0 unspecified atom stereocenters. The van der Waals surface area contributed by atoms with Gasteiger partial charge in [0.1, 0.15) is 0 Å². The highest BCUT2D eigenvalue weighted by Crippen LogP contribution is 2.23. The van der Waals surface area contributed by atoms with Gasteiger partial charge in [-0.3, -0.25) is 0 Å². The van der Waals surface area contributed by atoms with Crippen LogP contribution in [0.5, 0.6) is 0 Å². The van der Waals surface area contributed by atoms with Crippen LogP contribution in [0, 0.1) is 5.92 Å². The third kappa shape index (κ3) is 3.33. The zero-order valence-electron chi connectivity index (χ0n) is 10.9. The molecule has 1 aliphatic rings. The average Bonchev–Trinajstić information content (AvgIpc) is 2.39. The second kappa shape index (κ2) is 5.85. The molecule has 0 bridgehead atoms. The van der Waals surface area contributed by atoms with E-state index in [-0.39, 0.29) is 5.75 Å². The first kappa shape index (κ1) is 13.6. The summed E-state index contributed by atoms with van der Waals surface area (Å²) < 4.78 is 26.2. The number of hydrogen-bond acceptors (Lipinski definition) is 2. The number of benzene rings is 1. The first-order valence-corrected chi connectivity index (χ1v) is 8.24. The second-order valence-corrected chi connectivity index (χ2v) is 6.96. The molecule has 1 aromatic rings. The Balaban J connectivity index is 2.00. The highest BCUT2D eigenvalue weighted by atomic mass is 32.2. The van der Waals surface area contributed by atoms with E-state index < -0.39 is 10.0 Å². The van der Waals surface area contributed by atoms with Gasteiger partial charge in [-0.25, -0.2) is 12.7 Å². The largest absolute Gasteiger partial charge is 0.218 e. The van der Waals surface area contributed by atoms with Gasteiger partial charge in [0, 0.05) is 13.1 Å². The lowest BCUT2D eigenvalue weighted by Gasteiger charge is -2.30. The Kier molecular flexibility index (Phi) is 4.40. The van der Waals surface area contributed by atoms with E-state index in [0.29, 0.717) is 19.0 Å². The predicted octanol–water partition coefficient (Wildman–Crippen LogP) is 2.64. The van der Waals surface area contributed by atoms with Gasteiger partial charge in [0.2, 0.25) is 10.0 Å². The zero-order valence-corrected chi connectivity index (χ0v) is 11.7.